The number of carbonyl (C=O) groups is 1. The fraction of sp³-hybridized carbons (Fsp3) is 0.118. The molecule has 0 aliphatic carbocycles. The van der Waals surface area contributed by atoms with Gasteiger partial charge in [0.05, 0.1) is 5.56 Å². The van der Waals surface area contributed by atoms with Crippen LogP contribution in [0.3, 0.4) is 0 Å². The summed E-state index contributed by atoms with van der Waals surface area (Å²) in [5.74, 6) is -0.456. The van der Waals surface area contributed by atoms with Gasteiger partial charge in [-0.15, -0.1) is 0 Å². The first-order valence-electron chi connectivity index (χ1n) is 7.13. The highest BCUT2D eigenvalue weighted by Crippen LogP contribution is 2.30. The van der Waals surface area contributed by atoms with Gasteiger partial charge in [0, 0.05) is 16.5 Å². The number of nitrogens with one attached hydrogen (secondary N) is 1. The zero-order valence-corrected chi connectivity index (χ0v) is 15.0. The molecule has 0 bridgehead atoms. The minimum absolute atomic E-state index is 0. The first-order chi connectivity index (χ1) is 11.4. The molecule has 1 heterocycles. The van der Waals surface area contributed by atoms with Crippen molar-refractivity contribution in [1.82, 2.24) is 5.10 Å². The molecule has 0 spiro atoms. The minimum atomic E-state index is -4.45. The number of hydrogen-bond acceptors (Lipinski definition) is 2. The standard InChI is InChI=1S/C17H12F3N3O.HI/c18-17(19,20)14-6-3-7-15(8-14)22-16(24)11-23-10-13-5-2-1-4-12(13)9-21-23;/h1-10H,11H2;1H. The topological polar surface area (TPSA) is 45.9 Å². The number of alkyl halides is 3. The summed E-state index contributed by atoms with van der Waals surface area (Å²) < 4.78 is 39.5. The van der Waals surface area contributed by atoms with Crippen LogP contribution in [0.25, 0.3) is 10.8 Å². The van der Waals surface area contributed by atoms with Crippen LogP contribution < -0.4 is 34.0 Å². The Bertz CT molecular complexity index is 899. The maximum Gasteiger partial charge on any atom is 0.416 e. The van der Waals surface area contributed by atoms with E-state index in [1.54, 1.807) is 12.4 Å². The number of anilines is 1. The number of hydrogen-bond donors (Lipinski definition) is 1. The van der Waals surface area contributed by atoms with E-state index < -0.39 is 17.6 Å². The van der Waals surface area contributed by atoms with Gasteiger partial charge in [0.2, 0.25) is 6.20 Å². The van der Waals surface area contributed by atoms with Crippen molar-refractivity contribution in [2.24, 2.45) is 0 Å². The Morgan fingerprint density at radius 3 is 2.52 bits per heavy atom. The van der Waals surface area contributed by atoms with Crippen LogP contribution in [0.1, 0.15) is 5.56 Å². The lowest BCUT2D eigenvalue weighted by Gasteiger charge is -2.08. The monoisotopic (exact) mass is 459 g/mol. The molecule has 25 heavy (non-hydrogen) atoms. The minimum Gasteiger partial charge on any atom is -1.00 e. The van der Waals surface area contributed by atoms with Crippen LogP contribution in [0.15, 0.2) is 60.9 Å². The lowest BCUT2D eigenvalue weighted by Crippen LogP contribution is -3.00. The molecule has 130 valence electrons. The van der Waals surface area contributed by atoms with Gasteiger partial charge in [0.15, 0.2) is 0 Å². The van der Waals surface area contributed by atoms with Gasteiger partial charge in [-0.1, -0.05) is 28.9 Å². The van der Waals surface area contributed by atoms with E-state index in [4.69, 9.17) is 0 Å². The largest absolute Gasteiger partial charge is 1.00 e. The van der Waals surface area contributed by atoms with Gasteiger partial charge in [-0.05, 0) is 29.4 Å². The van der Waals surface area contributed by atoms with Gasteiger partial charge in [0.25, 0.3) is 12.5 Å². The predicted octanol–water partition coefficient (Wildman–Crippen LogP) is 0.184. The maximum atomic E-state index is 12.7. The van der Waals surface area contributed by atoms with E-state index in [-0.39, 0.29) is 36.2 Å². The van der Waals surface area contributed by atoms with E-state index in [0.717, 1.165) is 22.9 Å². The van der Waals surface area contributed by atoms with Crippen LogP contribution in [0, 0.1) is 0 Å². The van der Waals surface area contributed by atoms with Crippen molar-refractivity contribution in [2.75, 3.05) is 5.32 Å². The summed E-state index contributed by atoms with van der Waals surface area (Å²) in [5.41, 5.74) is -0.715. The van der Waals surface area contributed by atoms with E-state index in [1.807, 2.05) is 24.3 Å². The summed E-state index contributed by atoms with van der Waals surface area (Å²) in [5, 5.41) is 8.43. The first kappa shape index (κ1) is 19.1. The van der Waals surface area contributed by atoms with Crippen LogP contribution in [-0.2, 0) is 17.5 Å². The van der Waals surface area contributed by atoms with Crippen LogP contribution in [0.5, 0.6) is 0 Å². The van der Waals surface area contributed by atoms with Crippen LogP contribution in [0.4, 0.5) is 18.9 Å². The maximum absolute atomic E-state index is 12.7. The second-order valence-electron chi connectivity index (χ2n) is 5.23. The van der Waals surface area contributed by atoms with E-state index in [9.17, 15) is 18.0 Å². The second kappa shape index (κ2) is 7.77. The van der Waals surface area contributed by atoms with E-state index >= 15 is 0 Å². The first-order valence-corrected chi connectivity index (χ1v) is 7.13. The van der Waals surface area contributed by atoms with E-state index in [0.29, 0.717) is 0 Å². The molecule has 0 fully saturated rings. The number of halogens is 4. The van der Waals surface area contributed by atoms with Crippen molar-refractivity contribution >= 4 is 22.4 Å². The van der Waals surface area contributed by atoms with Crippen LogP contribution in [-0.4, -0.2) is 11.0 Å². The molecule has 0 aliphatic rings. The Morgan fingerprint density at radius 2 is 1.80 bits per heavy atom. The molecule has 4 nitrogen and oxygen atoms in total. The zero-order valence-electron chi connectivity index (χ0n) is 12.8. The molecule has 1 amide bonds. The average molecular weight is 459 g/mol. The molecular formula is C17H13F3IN3O. The molecule has 2 aromatic carbocycles. The van der Waals surface area contributed by atoms with Gasteiger partial charge in [-0.25, -0.2) is 0 Å². The molecule has 0 unspecified atom stereocenters. The van der Waals surface area contributed by atoms with Crippen LogP contribution in [0.2, 0.25) is 0 Å². The molecular weight excluding hydrogens is 446 g/mol. The van der Waals surface area contributed by atoms with Gasteiger partial charge in [-0.3, -0.25) is 4.79 Å². The van der Waals surface area contributed by atoms with Crippen molar-refractivity contribution < 1.29 is 46.6 Å². The summed E-state index contributed by atoms with van der Waals surface area (Å²) in [6.07, 6.45) is -1.11. The predicted molar refractivity (Wildman–Crippen MR) is 82.0 cm³/mol. The number of amides is 1. The highest BCUT2D eigenvalue weighted by atomic mass is 127. The zero-order chi connectivity index (χ0) is 17.2. The van der Waals surface area contributed by atoms with Crippen molar-refractivity contribution in [3.63, 3.8) is 0 Å². The van der Waals surface area contributed by atoms with Crippen molar-refractivity contribution in [3.05, 3.63) is 66.5 Å². The Hall–Kier alpha value is -2.23. The van der Waals surface area contributed by atoms with Gasteiger partial charge in [0.1, 0.15) is 6.20 Å². The molecule has 0 saturated heterocycles. The van der Waals surface area contributed by atoms with Crippen LogP contribution >= 0.6 is 0 Å². The number of carbonyl (C=O) groups excluding carboxylic acids is 1. The summed E-state index contributed by atoms with van der Waals surface area (Å²) in [4.78, 5) is 12.0. The summed E-state index contributed by atoms with van der Waals surface area (Å²) in [7, 11) is 0. The molecule has 0 radical (unpaired) electrons. The highest BCUT2D eigenvalue weighted by Gasteiger charge is 2.30. The third kappa shape index (κ3) is 4.88. The Kier molecular flexibility index (Phi) is 5.93. The molecule has 1 N–H and O–H groups in total. The SMILES string of the molecule is O=C(C[n+]1cc2ccccc2cn1)Nc1cccc(C(F)(F)F)c1.[I-]. The molecule has 0 saturated carbocycles. The Labute approximate surface area is 158 Å². The lowest BCUT2D eigenvalue weighted by molar-refractivity contribution is -0.740. The van der Waals surface area contributed by atoms with Gasteiger partial charge in [-0.2, -0.15) is 13.2 Å². The number of rotatable bonds is 3. The highest BCUT2D eigenvalue weighted by molar-refractivity contribution is 5.89. The van der Waals surface area contributed by atoms with Gasteiger partial charge >= 0.3 is 6.18 Å². The summed E-state index contributed by atoms with van der Waals surface area (Å²) in [6, 6.07) is 12.1. The van der Waals surface area contributed by atoms with Crippen molar-refractivity contribution in [1.29, 1.82) is 0 Å². The second-order valence-corrected chi connectivity index (χ2v) is 5.23. The average Bonchev–Trinajstić information content (AvgIpc) is 2.54. The molecule has 3 rings (SSSR count). The van der Waals surface area contributed by atoms with Crippen molar-refractivity contribution in [2.45, 2.75) is 12.7 Å². The van der Waals surface area contributed by atoms with Gasteiger partial charge < -0.3 is 29.3 Å². The molecule has 8 heteroatoms. The third-order valence-electron chi connectivity index (χ3n) is 3.41. The smallest absolute Gasteiger partial charge is 0.416 e. The number of fused-ring (bicyclic) bond motifs is 1. The van der Waals surface area contributed by atoms with E-state index in [1.165, 1.54) is 16.8 Å². The molecule has 3 aromatic rings. The third-order valence-corrected chi connectivity index (χ3v) is 3.41. The van der Waals surface area contributed by atoms with Crippen molar-refractivity contribution in [3.8, 4) is 0 Å². The fourth-order valence-corrected chi connectivity index (χ4v) is 2.28. The lowest BCUT2D eigenvalue weighted by atomic mass is 10.2. The number of benzene rings is 2. The molecule has 0 aliphatic heterocycles. The quantitative estimate of drug-likeness (QED) is 0.449. The number of aromatic nitrogens is 2. The number of nitrogens with zero attached hydrogens (tertiary/aromatic N) is 2. The fourth-order valence-electron chi connectivity index (χ4n) is 2.28. The molecule has 0 atom stereocenters. The molecule has 1 aromatic heterocycles. The van der Waals surface area contributed by atoms with E-state index in [2.05, 4.69) is 10.4 Å². The Balaban J connectivity index is 0.00000225. The Morgan fingerprint density at radius 1 is 1.08 bits per heavy atom. The summed E-state index contributed by atoms with van der Waals surface area (Å²) in [6.45, 7) is -0.0962. The normalized spacial score (nSPS) is 11.0. The summed E-state index contributed by atoms with van der Waals surface area (Å²) >= 11 is 0.